The van der Waals surface area contributed by atoms with Crippen LogP contribution < -0.4 is 5.43 Å². The van der Waals surface area contributed by atoms with Crippen molar-refractivity contribution in [3.8, 4) is 0 Å². The van der Waals surface area contributed by atoms with Gasteiger partial charge in [-0.05, 0) is 11.8 Å². The first-order valence-corrected chi connectivity index (χ1v) is 9.22. The summed E-state index contributed by atoms with van der Waals surface area (Å²) in [5.41, 5.74) is 2.38. The number of thiophene rings is 1. The first-order valence-electron chi connectivity index (χ1n) is 6.13. The molecule has 0 saturated heterocycles. The van der Waals surface area contributed by atoms with E-state index in [1.165, 1.54) is 16.9 Å². The van der Waals surface area contributed by atoms with Crippen molar-refractivity contribution in [3.05, 3.63) is 57.6 Å². The molecule has 2 aromatic heterocycles. The molecule has 2 heterocycles. The predicted molar refractivity (Wildman–Crippen MR) is 90.2 cm³/mol. The van der Waals surface area contributed by atoms with Crippen LogP contribution in [-0.2, 0) is 5.75 Å². The summed E-state index contributed by atoms with van der Waals surface area (Å²) in [6.07, 6.45) is 1.97. The number of fused-ring (bicyclic) bond motifs is 1. The number of benzene rings is 1. The molecule has 0 aliphatic rings. The highest BCUT2D eigenvalue weighted by atomic mass is 32.2. The van der Waals surface area contributed by atoms with E-state index >= 15 is 0 Å². The normalized spacial score (nSPS) is 11.1. The molecule has 1 N–H and O–H groups in total. The summed E-state index contributed by atoms with van der Waals surface area (Å²) in [5.74, 6) is 0.915. The lowest BCUT2D eigenvalue weighted by atomic mass is 10.2. The van der Waals surface area contributed by atoms with Crippen LogP contribution >= 0.6 is 34.9 Å². The van der Waals surface area contributed by atoms with Gasteiger partial charge >= 0.3 is 0 Å². The number of thioether (sulfide) groups is 2. The average Bonchev–Trinajstić information content (AvgIpc) is 2.89. The molecule has 102 valence electrons. The summed E-state index contributed by atoms with van der Waals surface area (Å²) >= 11 is 4.85. The molecule has 0 aliphatic carbocycles. The van der Waals surface area contributed by atoms with E-state index in [1.54, 1.807) is 29.6 Å². The summed E-state index contributed by atoms with van der Waals surface area (Å²) in [5, 5.41) is 2.99. The van der Waals surface area contributed by atoms with Crippen LogP contribution in [0.5, 0.6) is 0 Å². The number of rotatable bonds is 4. The van der Waals surface area contributed by atoms with Crippen LogP contribution in [0.25, 0.3) is 10.2 Å². The van der Waals surface area contributed by atoms with Gasteiger partial charge in [-0.1, -0.05) is 30.3 Å². The van der Waals surface area contributed by atoms with Crippen molar-refractivity contribution in [3.63, 3.8) is 0 Å². The fourth-order valence-corrected chi connectivity index (χ4v) is 4.46. The number of nitrogens with one attached hydrogen (secondary N) is 1. The highest BCUT2D eigenvalue weighted by Crippen LogP contribution is 2.33. The highest BCUT2D eigenvalue weighted by Gasteiger charge is 2.09. The van der Waals surface area contributed by atoms with Gasteiger partial charge in [0.1, 0.15) is 0 Å². The Morgan fingerprint density at radius 1 is 1.25 bits per heavy atom. The van der Waals surface area contributed by atoms with Crippen LogP contribution in [0.1, 0.15) is 5.56 Å². The van der Waals surface area contributed by atoms with Gasteiger partial charge in [0.15, 0.2) is 0 Å². The van der Waals surface area contributed by atoms with Crippen molar-refractivity contribution in [1.29, 1.82) is 0 Å². The monoisotopic (exact) mass is 319 g/mol. The molecule has 0 saturated carbocycles. The quantitative estimate of drug-likeness (QED) is 0.713. The lowest BCUT2D eigenvalue weighted by Crippen LogP contribution is -1.99. The molecule has 1 aromatic carbocycles. The van der Waals surface area contributed by atoms with Crippen LogP contribution in [0, 0.1) is 0 Å². The minimum Gasteiger partial charge on any atom is -0.348 e. The van der Waals surface area contributed by atoms with E-state index in [1.807, 2.05) is 12.3 Å². The smallest absolute Gasteiger partial charge is 0.200 e. The second-order valence-electron chi connectivity index (χ2n) is 4.28. The molecule has 0 unspecified atom stereocenters. The number of H-pyrrole nitrogens is 1. The molecule has 0 bridgehead atoms. The molecular formula is C15H13NOS3. The molecule has 0 amide bonds. The Hall–Kier alpha value is -1.17. The Kier molecular flexibility index (Phi) is 4.19. The molecule has 0 atom stereocenters. The largest absolute Gasteiger partial charge is 0.348 e. The van der Waals surface area contributed by atoms with Crippen LogP contribution in [0.4, 0.5) is 0 Å². The van der Waals surface area contributed by atoms with Gasteiger partial charge in [0.25, 0.3) is 0 Å². The van der Waals surface area contributed by atoms with E-state index in [-0.39, 0.29) is 5.43 Å². The topological polar surface area (TPSA) is 32.9 Å². The van der Waals surface area contributed by atoms with Gasteiger partial charge < -0.3 is 4.98 Å². The Balaban J connectivity index is 1.92. The molecule has 3 aromatic rings. The maximum Gasteiger partial charge on any atom is 0.200 e. The number of aromatic nitrogens is 1. The van der Waals surface area contributed by atoms with E-state index in [9.17, 15) is 4.79 Å². The van der Waals surface area contributed by atoms with Gasteiger partial charge in [0.05, 0.1) is 15.2 Å². The Bertz CT molecular complexity index is 777. The van der Waals surface area contributed by atoms with E-state index in [0.717, 1.165) is 25.9 Å². The molecule has 5 heteroatoms. The molecule has 3 rings (SSSR count). The maximum atomic E-state index is 12.0. The summed E-state index contributed by atoms with van der Waals surface area (Å²) in [6, 6.07) is 12.0. The van der Waals surface area contributed by atoms with Crippen molar-refractivity contribution < 1.29 is 0 Å². The summed E-state index contributed by atoms with van der Waals surface area (Å²) in [4.78, 5) is 16.5. The zero-order chi connectivity index (χ0) is 13.9. The van der Waals surface area contributed by atoms with E-state index < -0.39 is 0 Å². The van der Waals surface area contributed by atoms with Crippen molar-refractivity contribution >= 4 is 45.1 Å². The fourth-order valence-electron chi connectivity index (χ4n) is 1.94. The molecule has 0 radical (unpaired) electrons. The van der Waals surface area contributed by atoms with Gasteiger partial charge in [0, 0.05) is 22.1 Å². The van der Waals surface area contributed by atoms with Crippen molar-refractivity contribution in [2.45, 2.75) is 15.7 Å². The number of aromatic amines is 1. The van der Waals surface area contributed by atoms with Crippen LogP contribution in [0.2, 0.25) is 0 Å². The van der Waals surface area contributed by atoms with E-state index in [0.29, 0.717) is 0 Å². The lowest BCUT2D eigenvalue weighted by molar-refractivity contribution is 1.17. The molecule has 0 aliphatic heterocycles. The zero-order valence-electron chi connectivity index (χ0n) is 10.9. The summed E-state index contributed by atoms with van der Waals surface area (Å²) < 4.78 is 0.818. The maximum absolute atomic E-state index is 12.0. The highest BCUT2D eigenvalue weighted by molar-refractivity contribution is 7.99. The SMILES string of the molecule is CSc1cc(=O)c2scc(SCc3ccccc3)c2[nH]1. The van der Waals surface area contributed by atoms with Gasteiger partial charge in [-0.2, -0.15) is 0 Å². The number of pyridine rings is 1. The first-order chi connectivity index (χ1) is 9.78. The molecule has 0 fully saturated rings. The van der Waals surface area contributed by atoms with Crippen molar-refractivity contribution in [1.82, 2.24) is 4.98 Å². The van der Waals surface area contributed by atoms with Crippen molar-refractivity contribution in [2.75, 3.05) is 6.26 Å². The van der Waals surface area contributed by atoms with Crippen LogP contribution in [0.15, 0.2) is 56.5 Å². The molecule has 0 spiro atoms. The van der Waals surface area contributed by atoms with Gasteiger partial charge in [0.2, 0.25) is 5.43 Å². The summed E-state index contributed by atoms with van der Waals surface area (Å²) in [7, 11) is 0. The molecular weight excluding hydrogens is 306 g/mol. The minimum absolute atomic E-state index is 0.111. The van der Waals surface area contributed by atoms with Gasteiger partial charge in [-0.3, -0.25) is 4.79 Å². The Morgan fingerprint density at radius 2 is 2.05 bits per heavy atom. The van der Waals surface area contributed by atoms with Gasteiger partial charge in [-0.15, -0.1) is 34.9 Å². The van der Waals surface area contributed by atoms with Crippen molar-refractivity contribution in [2.24, 2.45) is 0 Å². The second-order valence-corrected chi connectivity index (χ2v) is 7.03. The van der Waals surface area contributed by atoms with Crippen LogP contribution in [0.3, 0.4) is 0 Å². The predicted octanol–water partition coefficient (Wildman–Crippen LogP) is 4.60. The molecule has 2 nitrogen and oxygen atoms in total. The van der Waals surface area contributed by atoms with Crippen LogP contribution in [-0.4, -0.2) is 11.2 Å². The third-order valence-electron chi connectivity index (χ3n) is 2.95. The number of hydrogen-bond acceptors (Lipinski definition) is 4. The zero-order valence-corrected chi connectivity index (χ0v) is 13.3. The number of hydrogen-bond donors (Lipinski definition) is 1. The summed E-state index contributed by atoms with van der Waals surface area (Å²) in [6.45, 7) is 0. The third-order valence-corrected chi connectivity index (χ3v) is 5.86. The van der Waals surface area contributed by atoms with E-state index in [4.69, 9.17) is 0 Å². The Morgan fingerprint density at radius 3 is 2.80 bits per heavy atom. The third kappa shape index (κ3) is 2.80. The van der Waals surface area contributed by atoms with E-state index in [2.05, 4.69) is 34.6 Å². The Labute approximate surface area is 129 Å². The lowest BCUT2D eigenvalue weighted by Gasteiger charge is -2.02. The second kappa shape index (κ2) is 6.08. The minimum atomic E-state index is 0.111. The first kappa shape index (κ1) is 13.8. The fraction of sp³-hybridized carbons (Fsp3) is 0.133. The average molecular weight is 319 g/mol. The standard InChI is InChI=1S/C15H13NOS3/c1-18-13-7-11(17)15-14(16-13)12(9-20-15)19-8-10-5-3-2-4-6-10/h2-7,9H,8H2,1H3,(H,16,17). The molecule has 20 heavy (non-hydrogen) atoms. The van der Waals surface area contributed by atoms with Gasteiger partial charge in [-0.25, -0.2) is 0 Å².